The number of amides is 1. The van der Waals surface area contributed by atoms with Crippen molar-refractivity contribution >= 4 is 5.91 Å². The predicted octanol–water partition coefficient (Wildman–Crippen LogP) is -0.637. The first kappa shape index (κ1) is 11.2. The minimum Gasteiger partial charge on any atom is -0.337 e. The topological polar surface area (TPSA) is 92.6 Å². The van der Waals surface area contributed by atoms with Crippen LogP contribution in [0.25, 0.3) is 0 Å². The van der Waals surface area contributed by atoms with E-state index in [-0.39, 0.29) is 12.5 Å². The molecule has 0 aromatic carbocycles. The van der Waals surface area contributed by atoms with Crippen molar-refractivity contribution in [3.63, 3.8) is 0 Å². The van der Waals surface area contributed by atoms with Gasteiger partial charge < -0.3 is 4.90 Å². The summed E-state index contributed by atoms with van der Waals surface area (Å²) < 4.78 is 1.47. The molecule has 0 bridgehead atoms. The maximum Gasteiger partial charge on any atom is 0.244 e. The van der Waals surface area contributed by atoms with Gasteiger partial charge in [-0.15, -0.1) is 0 Å². The summed E-state index contributed by atoms with van der Waals surface area (Å²) in [4.78, 5) is 21.2. The highest BCUT2D eigenvalue weighted by molar-refractivity contribution is 5.75. The first-order chi connectivity index (χ1) is 8.15. The van der Waals surface area contributed by atoms with E-state index in [0.29, 0.717) is 12.4 Å². The van der Waals surface area contributed by atoms with Crippen molar-refractivity contribution < 1.29 is 4.79 Å². The molecule has 1 amide bonds. The average Bonchev–Trinajstić information content (AvgIpc) is 2.90. The number of carbonyl (C=O) groups is 1. The van der Waals surface area contributed by atoms with Crippen molar-refractivity contribution in [1.82, 2.24) is 34.8 Å². The summed E-state index contributed by atoms with van der Waals surface area (Å²) in [6, 6.07) is 0. The maximum atomic E-state index is 11.8. The fourth-order valence-electron chi connectivity index (χ4n) is 1.33. The molecular formula is C9H13N7O. The molecule has 0 aliphatic heterocycles. The number of rotatable bonds is 4. The van der Waals surface area contributed by atoms with E-state index in [9.17, 15) is 4.79 Å². The van der Waals surface area contributed by atoms with Crippen molar-refractivity contribution in [1.29, 1.82) is 0 Å². The van der Waals surface area contributed by atoms with Gasteiger partial charge in [0.1, 0.15) is 25.0 Å². The molecule has 0 radical (unpaired) electrons. The van der Waals surface area contributed by atoms with Gasteiger partial charge in [0.05, 0.1) is 6.54 Å². The van der Waals surface area contributed by atoms with E-state index in [1.54, 1.807) is 11.9 Å². The van der Waals surface area contributed by atoms with E-state index in [0.717, 1.165) is 5.82 Å². The molecule has 0 fully saturated rings. The number of nitrogens with one attached hydrogen (secondary N) is 1. The second-order valence-corrected chi connectivity index (χ2v) is 3.68. The molecule has 8 heteroatoms. The van der Waals surface area contributed by atoms with Gasteiger partial charge >= 0.3 is 0 Å². The Hall–Kier alpha value is -2.25. The summed E-state index contributed by atoms with van der Waals surface area (Å²) >= 11 is 0. The van der Waals surface area contributed by atoms with Crippen molar-refractivity contribution in [2.24, 2.45) is 0 Å². The summed E-state index contributed by atoms with van der Waals surface area (Å²) in [6.45, 7) is 2.35. The fraction of sp³-hybridized carbons (Fsp3) is 0.444. The third-order valence-corrected chi connectivity index (χ3v) is 2.21. The lowest BCUT2D eigenvalue weighted by molar-refractivity contribution is -0.131. The zero-order chi connectivity index (χ0) is 12.3. The molecule has 0 spiro atoms. The largest absolute Gasteiger partial charge is 0.337 e. The summed E-state index contributed by atoms with van der Waals surface area (Å²) in [6.07, 6.45) is 2.90. The molecule has 2 rings (SSSR count). The second kappa shape index (κ2) is 4.73. The molecule has 1 N–H and O–H groups in total. The highest BCUT2D eigenvalue weighted by Crippen LogP contribution is 1.98. The minimum atomic E-state index is -0.0713. The highest BCUT2D eigenvalue weighted by Gasteiger charge is 2.12. The van der Waals surface area contributed by atoms with Gasteiger partial charge in [-0.1, -0.05) is 0 Å². The van der Waals surface area contributed by atoms with Gasteiger partial charge in [-0.05, 0) is 6.92 Å². The standard InChI is InChI=1S/C9H13N7O/c1-7-12-8(14-13-7)3-15(2)9(17)4-16-6-10-5-11-16/h5-6H,3-4H2,1-2H3,(H,12,13,14). The Labute approximate surface area is 97.7 Å². The maximum absolute atomic E-state index is 11.8. The first-order valence-corrected chi connectivity index (χ1v) is 5.09. The monoisotopic (exact) mass is 235 g/mol. The molecule has 0 aliphatic rings. The average molecular weight is 235 g/mol. The lowest BCUT2D eigenvalue weighted by atomic mass is 10.4. The molecule has 0 aliphatic carbocycles. The zero-order valence-corrected chi connectivity index (χ0v) is 9.66. The van der Waals surface area contributed by atoms with E-state index >= 15 is 0 Å². The number of carbonyl (C=O) groups excluding carboxylic acids is 1. The van der Waals surface area contributed by atoms with Crippen LogP contribution in [0.4, 0.5) is 0 Å². The molecule has 2 aromatic heterocycles. The smallest absolute Gasteiger partial charge is 0.244 e. The number of aromatic amines is 1. The van der Waals surface area contributed by atoms with Gasteiger partial charge in [0, 0.05) is 7.05 Å². The van der Waals surface area contributed by atoms with Crippen LogP contribution in [0.5, 0.6) is 0 Å². The number of hydrogen-bond acceptors (Lipinski definition) is 5. The zero-order valence-electron chi connectivity index (χ0n) is 9.66. The van der Waals surface area contributed by atoms with Crippen LogP contribution in [0.2, 0.25) is 0 Å². The molecule has 0 saturated heterocycles. The van der Waals surface area contributed by atoms with E-state index in [1.165, 1.54) is 17.3 Å². The van der Waals surface area contributed by atoms with Crippen LogP contribution in [0, 0.1) is 6.92 Å². The Bertz CT molecular complexity index is 489. The molecule has 8 nitrogen and oxygen atoms in total. The minimum absolute atomic E-state index is 0.0713. The van der Waals surface area contributed by atoms with Gasteiger partial charge in [-0.25, -0.2) is 14.6 Å². The molecule has 0 unspecified atom stereocenters. The number of H-pyrrole nitrogens is 1. The molecule has 90 valence electrons. The predicted molar refractivity (Wildman–Crippen MR) is 57.6 cm³/mol. The Balaban J connectivity index is 1.91. The lowest BCUT2D eigenvalue weighted by Crippen LogP contribution is -2.30. The molecule has 0 saturated carbocycles. The molecule has 2 aromatic rings. The quantitative estimate of drug-likeness (QED) is 0.761. The summed E-state index contributed by atoms with van der Waals surface area (Å²) in [5.41, 5.74) is 0. The van der Waals surface area contributed by atoms with Gasteiger partial charge in [-0.2, -0.15) is 10.2 Å². The number of likely N-dealkylation sites (N-methyl/N-ethyl adjacent to an activating group) is 1. The Kier molecular flexibility index (Phi) is 3.12. The fourth-order valence-corrected chi connectivity index (χ4v) is 1.33. The van der Waals surface area contributed by atoms with Crippen LogP contribution in [0.3, 0.4) is 0 Å². The highest BCUT2D eigenvalue weighted by atomic mass is 16.2. The normalized spacial score (nSPS) is 10.5. The third kappa shape index (κ3) is 2.86. The number of aromatic nitrogens is 6. The van der Waals surface area contributed by atoms with E-state index in [2.05, 4.69) is 25.3 Å². The van der Waals surface area contributed by atoms with Crippen molar-refractivity contribution in [3.05, 3.63) is 24.3 Å². The van der Waals surface area contributed by atoms with E-state index in [1.807, 2.05) is 6.92 Å². The molecule has 17 heavy (non-hydrogen) atoms. The van der Waals surface area contributed by atoms with Gasteiger partial charge in [0.15, 0.2) is 5.82 Å². The van der Waals surface area contributed by atoms with Crippen molar-refractivity contribution in [2.45, 2.75) is 20.0 Å². The number of hydrogen-bond donors (Lipinski definition) is 1. The van der Waals surface area contributed by atoms with Crippen LogP contribution < -0.4 is 0 Å². The van der Waals surface area contributed by atoms with Gasteiger partial charge in [-0.3, -0.25) is 9.89 Å². The Morgan fingerprint density at radius 1 is 1.59 bits per heavy atom. The Morgan fingerprint density at radius 3 is 3.00 bits per heavy atom. The summed E-state index contributed by atoms with van der Waals surface area (Å²) in [5, 5.41) is 10.6. The van der Waals surface area contributed by atoms with Crippen LogP contribution in [-0.4, -0.2) is 47.8 Å². The second-order valence-electron chi connectivity index (χ2n) is 3.68. The summed E-state index contributed by atoms with van der Waals surface area (Å²) in [7, 11) is 1.70. The van der Waals surface area contributed by atoms with Crippen molar-refractivity contribution in [3.8, 4) is 0 Å². The number of nitrogens with zero attached hydrogens (tertiary/aromatic N) is 6. The SMILES string of the molecule is Cc1nc(CN(C)C(=O)Cn2cncn2)n[nH]1. The third-order valence-electron chi connectivity index (χ3n) is 2.21. The number of aryl methyl sites for hydroxylation is 1. The Morgan fingerprint density at radius 2 is 2.41 bits per heavy atom. The van der Waals surface area contributed by atoms with Crippen LogP contribution in [0.1, 0.15) is 11.6 Å². The van der Waals surface area contributed by atoms with Crippen LogP contribution in [0.15, 0.2) is 12.7 Å². The molecule has 2 heterocycles. The lowest BCUT2D eigenvalue weighted by Gasteiger charge is -2.14. The molecule has 0 atom stereocenters. The molecular weight excluding hydrogens is 222 g/mol. The first-order valence-electron chi connectivity index (χ1n) is 5.09. The van der Waals surface area contributed by atoms with E-state index < -0.39 is 0 Å². The van der Waals surface area contributed by atoms with Gasteiger partial charge in [0.2, 0.25) is 5.91 Å². The van der Waals surface area contributed by atoms with Gasteiger partial charge in [0.25, 0.3) is 0 Å². The van der Waals surface area contributed by atoms with Crippen molar-refractivity contribution in [2.75, 3.05) is 7.05 Å². The van der Waals surface area contributed by atoms with Crippen LogP contribution >= 0.6 is 0 Å². The van der Waals surface area contributed by atoms with Crippen LogP contribution in [-0.2, 0) is 17.9 Å². The summed E-state index contributed by atoms with van der Waals surface area (Å²) in [5.74, 6) is 1.26. The van der Waals surface area contributed by atoms with E-state index in [4.69, 9.17) is 0 Å².